The Labute approximate surface area is 123 Å². The minimum Gasteiger partial charge on any atom is -0.349 e. The molecule has 2 bridgehead atoms. The van der Waals surface area contributed by atoms with Crippen LogP contribution in [0.5, 0.6) is 0 Å². The Morgan fingerprint density at radius 3 is 2.76 bits per heavy atom. The van der Waals surface area contributed by atoms with E-state index in [9.17, 15) is 13.6 Å². The number of fused-ring (bicyclic) bond motifs is 2. The van der Waals surface area contributed by atoms with Gasteiger partial charge in [-0.05, 0) is 50.0 Å². The van der Waals surface area contributed by atoms with Gasteiger partial charge in [-0.2, -0.15) is 0 Å². The van der Waals surface area contributed by atoms with Crippen LogP contribution in [0.25, 0.3) is 0 Å². The van der Waals surface area contributed by atoms with Gasteiger partial charge in [0.25, 0.3) is 0 Å². The molecule has 0 radical (unpaired) electrons. The van der Waals surface area contributed by atoms with Crippen LogP contribution >= 0.6 is 0 Å². The molecule has 1 amide bonds. The molecule has 0 heterocycles. The lowest BCUT2D eigenvalue weighted by Crippen LogP contribution is -2.30. The highest BCUT2D eigenvalue weighted by Crippen LogP contribution is 2.49. The fraction of sp³-hybridized carbons (Fsp3) is 0.588. The molecule has 2 aliphatic rings. The van der Waals surface area contributed by atoms with Crippen molar-refractivity contribution < 1.29 is 13.6 Å². The predicted molar refractivity (Wildman–Crippen MR) is 76.5 cm³/mol. The van der Waals surface area contributed by atoms with Gasteiger partial charge in [-0.15, -0.1) is 0 Å². The van der Waals surface area contributed by atoms with Crippen molar-refractivity contribution in [2.45, 2.75) is 45.1 Å². The predicted octanol–water partition coefficient (Wildman–Crippen LogP) is 3.97. The highest BCUT2D eigenvalue weighted by atomic mass is 19.1. The van der Waals surface area contributed by atoms with E-state index >= 15 is 0 Å². The smallest absolute Gasteiger partial charge is 0.220 e. The van der Waals surface area contributed by atoms with Gasteiger partial charge in [0.05, 0.1) is 6.04 Å². The molecule has 1 N–H and O–H groups in total. The lowest BCUT2D eigenvalue weighted by Gasteiger charge is -2.22. The summed E-state index contributed by atoms with van der Waals surface area (Å²) in [5.74, 6) is 0.788. The van der Waals surface area contributed by atoms with Crippen molar-refractivity contribution in [2.75, 3.05) is 0 Å². The van der Waals surface area contributed by atoms with E-state index in [0.29, 0.717) is 23.8 Å². The van der Waals surface area contributed by atoms with Crippen LogP contribution in [0.3, 0.4) is 0 Å². The van der Waals surface area contributed by atoms with Crippen LogP contribution in [0.1, 0.15) is 50.6 Å². The summed E-state index contributed by atoms with van der Waals surface area (Å²) >= 11 is 0. The Hall–Kier alpha value is -1.45. The highest BCUT2D eigenvalue weighted by molar-refractivity contribution is 5.76. The van der Waals surface area contributed by atoms with Crippen molar-refractivity contribution in [3.05, 3.63) is 35.4 Å². The van der Waals surface area contributed by atoms with Crippen molar-refractivity contribution in [2.24, 2.45) is 17.8 Å². The quantitative estimate of drug-likeness (QED) is 0.894. The van der Waals surface area contributed by atoms with E-state index in [1.807, 2.05) is 0 Å². The molecule has 2 saturated carbocycles. The van der Waals surface area contributed by atoms with Crippen LogP contribution in [0.2, 0.25) is 0 Å². The molecule has 4 heteroatoms. The fourth-order valence-corrected chi connectivity index (χ4v) is 4.10. The third-order valence-electron chi connectivity index (χ3n) is 5.14. The third kappa shape index (κ3) is 3.09. The summed E-state index contributed by atoms with van der Waals surface area (Å²) < 4.78 is 26.6. The molecule has 21 heavy (non-hydrogen) atoms. The summed E-state index contributed by atoms with van der Waals surface area (Å²) in [7, 11) is 0. The second-order valence-corrected chi connectivity index (χ2v) is 6.59. The largest absolute Gasteiger partial charge is 0.349 e. The van der Waals surface area contributed by atoms with E-state index in [1.165, 1.54) is 31.4 Å². The van der Waals surface area contributed by atoms with Gasteiger partial charge in [-0.3, -0.25) is 4.79 Å². The minimum absolute atomic E-state index is 0.0243. The average molecular weight is 293 g/mol. The third-order valence-corrected chi connectivity index (χ3v) is 5.14. The maximum Gasteiger partial charge on any atom is 0.220 e. The summed E-state index contributed by atoms with van der Waals surface area (Å²) in [6.07, 6.45) is 5.55. The lowest BCUT2D eigenvalue weighted by molar-refractivity contribution is -0.123. The number of hydrogen-bond donors (Lipinski definition) is 1. The van der Waals surface area contributed by atoms with Gasteiger partial charge < -0.3 is 5.32 Å². The number of halogens is 2. The number of benzene rings is 1. The second kappa shape index (κ2) is 5.74. The molecule has 0 aromatic heterocycles. The summed E-state index contributed by atoms with van der Waals surface area (Å²) in [5.41, 5.74) is 0.331. The Morgan fingerprint density at radius 1 is 1.33 bits per heavy atom. The molecule has 0 saturated heterocycles. The second-order valence-electron chi connectivity index (χ2n) is 6.59. The van der Waals surface area contributed by atoms with Crippen molar-refractivity contribution >= 4 is 5.91 Å². The number of carbonyl (C=O) groups excluding carboxylic acids is 1. The van der Waals surface area contributed by atoms with Crippen LogP contribution in [0.15, 0.2) is 18.2 Å². The van der Waals surface area contributed by atoms with E-state index in [-0.39, 0.29) is 5.91 Å². The molecule has 2 aliphatic carbocycles. The fourth-order valence-electron chi connectivity index (χ4n) is 4.10. The molecular formula is C17H21F2NO. The van der Waals surface area contributed by atoms with Crippen LogP contribution < -0.4 is 5.32 Å². The first-order valence-electron chi connectivity index (χ1n) is 7.77. The van der Waals surface area contributed by atoms with E-state index in [2.05, 4.69) is 5.32 Å². The molecule has 114 valence electrons. The van der Waals surface area contributed by atoms with Crippen molar-refractivity contribution in [1.82, 2.24) is 5.32 Å². The number of carbonyl (C=O) groups is 1. The van der Waals surface area contributed by atoms with Gasteiger partial charge >= 0.3 is 0 Å². The summed E-state index contributed by atoms with van der Waals surface area (Å²) in [5, 5.41) is 2.84. The van der Waals surface area contributed by atoms with Crippen molar-refractivity contribution in [1.29, 1.82) is 0 Å². The SMILES string of the molecule is CC(NC(=O)CC1CC2CCC1C2)c1ccc(F)cc1F. The number of amides is 1. The first-order chi connectivity index (χ1) is 10.0. The van der Waals surface area contributed by atoms with E-state index in [1.54, 1.807) is 6.92 Å². The molecule has 2 nitrogen and oxygen atoms in total. The maximum absolute atomic E-state index is 13.7. The van der Waals surface area contributed by atoms with Crippen LogP contribution in [-0.4, -0.2) is 5.91 Å². The Morgan fingerprint density at radius 2 is 2.14 bits per heavy atom. The molecule has 0 spiro atoms. The standard InChI is InChI=1S/C17H21F2NO/c1-10(15-5-4-14(18)9-16(15)19)20-17(21)8-13-7-11-2-3-12(13)6-11/h4-5,9-13H,2-3,6-8H2,1H3,(H,20,21). The molecule has 0 aliphatic heterocycles. The van der Waals surface area contributed by atoms with Crippen molar-refractivity contribution in [3.8, 4) is 0 Å². The molecule has 1 aromatic rings. The van der Waals surface area contributed by atoms with Crippen LogP contribution in [-0.2, 0) is 4.79 Å². The Kier molecular flexibility index (Phi) is 3.96. The zero-order valence-electron chi connectivity index (χ0n) is 12.2. The topological polar surface area (TPSA) is 29.1 Å². The van der Waals surface area contributed by atoms with Crippen LogP contribution in [0.4, 0.5) is 8.78 Å². The van der Waals surface area contributed by atoms with Gasteiger partial charge in [0.2, 0.25) is 5.91 Å². The van der Waals surface area contributed by atoms with Gasteiger partial charge in [0.15, 0.2) is 0 Å². The molecule has 4 unspecified atom stereocenters. The summed E-state index contributed by atoms with van der Waals surface area (Å²) in [4.78, 5) is 12.1. The van der Waals surface area contributed by atoms with Gasteiger partial charge in [0, 0.05) is 18.1 Å². The zero-order valence-corrected chi connectivity index (χ0v) is 12.2. The van der Waals surface area contributed by atoms with Gasteiger partial charge in [-0.25, -0.2) is 8.78 Å². The zero-order chi connectivity index (χ0) is 15.0. The molecule has 4 atom stereocenters. The molecular weight excluding hydrogens is 272 g/mol. The number of hydrogen-bond acceptors (Lipinski definition) is 1. The Bertz CT molecular complexity index is 546. The molecule has 3 rings (SSSR count). The summed E-state index contributed by atoms with van der Waals surface area (Å²) in [6.45, 7) is 1.73. The number of rotatable bonds is 4. The van der Waals surface area contributed by atoms with Crippen molar-refractivity contribution in [3.63, 3.8) is 0 Å². The van der Waals surface area contributed by atoms with Crippen LogP contribution in [0, 0.1) is 29.4 Å². The molecule has 1 aromatic carbocycles. The highest BCUT2D eigenvalue weighted by Gasteiger charge is 2.40. The monoisotopic (exact) mass is 293 g/mol. The first-order valence-corrected chi connectivity index (χ1v) is 7.77. The van der Waals surface area contributed by atoms with E-state index < -0.39 is 17.7 Å². The van der Waals surface area contributed by atoms with E-state index in [4.69, 9.17) is 0 Å². The maximum atomic E-state index is 13.7. The number of nitrogens with one attached hydrogen (secondary N) is 1. The normalized spacial score (nSPS) is 28.6. The first kappa shape index (κ1) is 14.5. The Balaban J connectivity index is 1.57. The van der Waals surface area contributed by atoms with Gasteiger partial charge in [0.1, 0.15) is 11.6 Å². The lowest BCUT2D eigenvalue weighted by atomic mass is 9.86. The van der Waals surface area contributed by atoms with E-state index in [0.717, 1.165) is 18.4 Å². The minimum atomic E-state index is -0.609. The average Bonchev–Trinajstić information content (AvgIpc) is 3.00. The molecule has 2 fully saturated rings. The summed E-state index contributed by atoms with van der Waals surface area (Å²) in [6, 6.07) is 3.04. The van der Waals surface area contributed by atoms with Gasteiger partial charge in [-0.1, -0.05) is 12.5 Å².